The number of rotatable bonds is 4. The Bertz CT molecular complexity index is 260. The van der Waals surface area contributed by atoms with E-state index >= 15 is 0 Å². The standard InChI is InChI=1S/C12H21BO2/c1-6-11-9-12(5,8-10(3)4)15-13(7-2)14-11/h6,9-10H,1,7-8H2,2-5H3. The highest BCUT2D eigenvalue weighted by Gasteiger charge is 2.35. The van der Waals surface area contributed by atoms with E-state index in [-0.39, 0.29) is 12.7 Å². The van der Waals surface area contributed by atoms with Crippen molar-refractivity contribution in [3.63, 3.8) is 0 Å². The van der Waals surface area contributed by atoms with Gasteiger partial charge in [0.2, 0.25) is 0 Å². The third kappa shape index (κ3) is 3.42. The van der Waals surface area contributed by atoms with Crippen LogP contribution in [0.3, 0.4) is 0 Å². The van der Waals surface area contributed by atoms with Crippen molar-refractivity contribution in [2.45, 2.75) is 46.0 Å². The average molecular weight is 208 g/mol. The van der Waals surface area contributed by atoms with Gasteiger partial charge in [-0.3, -0.25) is 0 Å². The van der Waals surface area contributed by atoms with E-state index in [9.17, 15) is 0 Å². The van der Waals surface area contributed by atoms with E-state index in [0.717, 1.165) is 18.5 Å². The molecule has 0 saturated heterocycles. The summed E-state index contributed by atoms with van der Waals surface area (Å²) in [5.74, 6) is 1.45. The van der Waals surface area contributed by atoms with Crippen molar-refractivity contribution in [3.8, 4) is 0 Å². The van der Waals surface area contributed by atoms with Gasteiger partial charge in [-0.15, -0.1) is 0 Å². The zero-order valence-electron chi connectivity index (χ0n) is 10.2. The minimum absolute atomic E-state index is 0.133. The first-order chi connectivity index (χ1) is 6.99. The van der Waals surface area contributed by atoms with Gasteiger partial charge in [-0.2, -0.15) is 0 Å². The summed E-state index contributed by atoms with van der Waals surface area (Å²) in [5.41, 5.74) is -0.212. The van der Waals surface area contributed by atoms with Crippen molar-refractivity contribution >= 4 is 7.12 Å². The SMILES string of the molecule is C=CC1=CC(C)(CC(C)C)OB(CC)O1. The Morgan fingerprint density at radius 2 is 2.27 bits per heavy atom. The minimum atomic E-state index is -0.212. The fourth-order valence-corrected chi connectivity index (χ4v) is 2.04. The Hall–Kier alpha value is -0.695. The molecule has 84 valence electrons. The molecule has 0 aliphatic carbocycles. The largest absolute Gasteiger partial charge is 0.536 e. The van der Waals surface area contributed by atoms with Crippen LogP contribution in [0.5, 0.6) is 0 Å². The lowest BCUT2D eigenvalue weighted by molar-refractivity contribution is 0.0644. The Balaban J connectivity index is 2.82. The zero-order chi connectivity index (χ0) is 11.5. The quantitative estimate of drug-likeness (QED) is 0.659. The molecule has 1 heterocycles. The monoisotopic (exact) mass is 208 g/mol. The van der Waals surface area contributed by atoms with E-state index < -0.39 is 0 Å². The molecule has 0 aromatic heterocycles. The van der Waals surface area contributed by atoms with Gasteiger partial charge >= 0.3 is 7.12 Å². The number of hydrogen-bond donors (Lipinski definition) is 0. The van der Waals surface area contributed by atoms with Crippen LogP contribution in [-0.2, 0) is 9.31 Å². The molecule has 1 atom stereocenters. The molecular formula is C12H21BO2. The fourth-order valence-electron chi connectivity index (χ4n) is 2.04. The van der Waals surface area contributed by atoms with Crippen LogP contribution in [0.2, 0.25) is 6.32 Å². The summed E-state index contributed by atoms with van der Waals surface area (Å²) in [6.45, 7) is 12.3. The van der Waals surface area contributed by atoms with E-state index in [1.807, 2.05) is 6.08 Å². The van der Waals surface area contributed by atoms with E-state index in [2.05, 4.69) is 34.3 Å². The molecule has 0 aromatic rings. The summed E-state index contributed by atoms with van der Waals surface area (Å²) in [6, 6.07) is 0. The summed E-state index contributed by atoms with van der Waals surface area (Å²) in [4.78, 5) is 0. The molecule has 1 rings (SSSR count). The predicted molar refractivity (Wildman–Crippen MR) is 64.5 cm³/mol. The normalized spacial score (nSPS) is 26.2. The average Bonchev–Trinajstić information content (AvgIpc) is 2.14. The molecule has 0 N–H and O–H groups in total. The van der Waals surface area contributed by atoms with Crippen LogP contribution >= 0.6 is 0 Å². The highest BCUT2D eigenvalue weighted by atomic mass is 16.6. The Labute approximate surface area is 93.5 Å². The van der Waals surface area contributed by atoms with Gasteiger partial charge < -0.3 is 9.31 Å². The fraction of sp³-hybridized carbons (Fsp3) is 0.667. The molecule has 2 nitrogen and oxygen atoms in total. The Kier molecular flexibility index (Phi) is 4.03. The summed E-state index contributed by atoms with van der Waals surface area (Å²) in [7, 11) is -0.133. The van der Waals surface area contributed by atoms with E-state index in [1.54, 1.807) is 6.08 Å². The van der Waals surface area contributed by atoms with E-state index in [1.165, 1.54) is 0 Å². The minimum Gasteiger partial charge on any atom is -0.536 e. The molecular weight excluding hydrogens is 187 g/mol. The molecule has 0 amide bonds. The molecule has 3 heteroatoms. The smallest absolute Gasteiger partial charge is 0.525 e. The van der Waals surface area contributed by atoms with Gasteiger partial charge in [0.25, 0.3) is 0 Å². The molecule has 1 aliphatic rings. The molecule has 1 aliphatic heterocycles. The second-order valence-electron chi connectivity index (χ2n) is 4.73. The van der Waals surface area contributed by atoms with Crippen LogP contribution in [0.4, 0.5) is 0 Å². The second kappa shape index (κ2) is 4.89. The third-order valence-corrected chi connectivity index (χ3v) is 2.46. The molecule has 0 spiro atoms. The maximum atomic E-state index is 5.92. The molecule has 0 radical (unpaired) electrons. The van der Waals surface area contributed by atoms with Gasteiger partial charge in [0.05, 0.1) is 11.4 Å². The van der Waals surface area contributed by atoms with Crippen molar-refractivity contribution in [2.24, 2.45) is 5.92 Å². The summed E-state index contributed by atoms with van der Waals surface area (Å²) in [6.07, 6.45) is 5.65. The molecule has 0 bridgehead atoms. The maximum Gasteiger partial charge on any atom is 0.525 e. The maximum absolute atomic E-state index is 5.92. The number of allylic oxidation sites excluding steroid dienone is 1. The Morgan fingerprint density at radius 3 is 2.73 bits per heavy atom. The molecule has 0 saturated carbocycles. The van der Waals surface area contributed by atoms with Crippen LogP contribution < -0.4 is 0 Å². The highest BCUT2D eigenvalue weighted by molar-refractivity contribution is 6.45. The first kappa shape index (κ1) is 12.4. The lowest BCUT2D eigenvalue weighted by Gasteiger charge is -2.36. The van der Waals surface area contributed by atoms with Crippen molar-refractivity contribution in [3.05, 3.63) is 24.5 Å². The van der Waals surface area contributed by atoms with Crippen LogP contribution in [0.15, 0.2) is 24.5 Å². The van der Waals surface area contributed by atoms with Crippen molar-refractivity contribution in [2.75, 3.05) is 0 Å². The van der Waals surface area contributed by atoms with Gasteiger partial charge in [0.1, 0.15) is 0 Å². The molecule has 0 aromatic carbocycles. The van der Waals surface area contributed by atoms with Gasteiger partial charge in [-0.1, -0.05) is 27.4 Å². The summed E-state index contributed by atoms with van der Waals surface area (Å²) < 4.78 is 11.5. The molecule has 1 unspecified atom stereocenters. The molecule has 0 fully saturated rings. The predicted octanol–water partition coefficient (Wildman–Crippen LogP) is 3.42. The lowest BCUT2D eigenvalue weighted by Crippen LogP contribution is -2.41. The first-order valence-electron chi connectivity index (χ1n) is 5.69. The zero-order valence-corrected chi connectivity index (χ0v) is 10.2. The van der Waals surface area contributed by atoms with Gasteiger partial charge in [0.15, 0.2) is 0 Å². The third-order valence-electron chi connectivity index (χ3n) is 2.46. The van der Waals surface area contributed by atoms with Crippen LogP contribution in [0, 0.1) is 5.92 Å². The van der Waals surface area contributed by atoms with Crippen molar-refractivity contribution < 1.29 is 9.31 Å². The van der Waals surface area contributed by atoms with Crippen LogP contribution in [-0.4, -0.2) is 12.7 Å². The summed E-state index contributed by atoms with van der Waals surface area (Å²) in [5, 5.41) is 0. The Morgan fingerprint density at radius 1 is 1.60 bits per heavy atom. The first-order valence-corrected chi connectivity index (χ1v) is 5.69. The summed E-state index contributed by atoms with van der Waals surface area (Å²) >= 11 is 0. The second-order valence-corrected chi connectivity index (χ2v) is 4.73. The van der Waals surface area contributed by atoms with Gasteiger partial charge in [-0.05, 0) is 37.7 Å². The topological polar surface area (TPSA) is 18.5 Å². The highest BCUT2D eigenvalue weighted by Crippen LogP contribution is 2.30. The van der Waals surface area contributed by atoms with E-state index in [4.69, 9.17) is 9.31 Å². The van der Waals surface area contributed by atoms with Gasteiger partial charge in [0, 0.05) is 0 Å². The van der Waals surface area contributed by atoms with Crippen LogP contribution in [0.1, 0.15) is 34.1 Å². The van der Waals surface area contributed by atoms with Crippen LogP contribution in [0.25, 0.3) is 0 Å². The lowest BCUT2D eigenvalue weighted by atomic mass is 9.80. The van der Waals surface area contributed by atoms with E-state index in [0.29, 0.717) is 5.92 Å². The van der Waals surface area contributed by atoms with Crippen molar-refractivity contribution in [1.82, 2.24) is 0 Å². The number of hydrogen-bond acceptors (Lipinski definition) is 2. The van der Waals surface area contributed by atoms with Gasteiger partial charge in [-0.25, -0.2) is 0 Å². The van der Waals surface area contributed by atoms with Crippen molar-refractivity contribution in [1.29, 1.82) is 0 Å². The molecule has 15 heavy (non-hydrogen) atoms.